The molecule has 1 fully saturated rings. The molecule has 0 radical (unpaired) electrons. The molecule has 1 saturated heterocycles. The van der Waals surface area contributed by atoms with Gasteiger partial charge in [0, 0.05) is 11.8 Å². The highest BCUT2D eigenvalue weighted by Gasteiger charge is 2.27. The third-order valence-corrected chi connectivity index (χ3v) is 4.20. The van der Waals surface area contributed by atoms with Gasteiger partial charge in [-0.1, -0.05) is 24.3 Å². The van der Waals surface area contributed by atoms with Crippen molar-refractivity contribution in [1.82, 2.24) is 5.32 Å². The second kappa shape index (κ2) is 8.25. The lowest BCUT2D eigenvalue weighted by molar-refractivity contribution is -0.892. The molecule has 3 amide bonds. The van der Waals surface area contributed by atoms with Crippen LogP contribution in [0.1, 0.15) is 0 Å². The van der Waals surface area contributed by atoms with E-state index in [9.17, 15) is 9.59 Å². The summed E-state index contributed by atoms with van der Waals surface area (Å²) in [6.07, 6.45) is 1.91. The van der Waals surface area contributed by atoms with Crippen molar-refractivity contribution >= 4 is 23.4 Å². The minimum absolute atomic E-state index is 0.261. The number of carbonyl (C=O) groups is 2. The van der Waals surface area contributed by atoms with Crippen LogP contribution in [0, 0.1) is 0 Å². The van der Waals surface area contributed by atoms with Crippen LogP contribution in [-0.4, -0.2) is 44.7 Å². The van der Waals surface area contributed by atoms with E-state index in [1.54, 1.807) is 12.1 Å². The quantitative estimate of drug-likeness (QED) is 0.705. The number of hydrogen-bond acceptors (Lipinski definition) is 3. The molecule has 1 aromatic carbocycles. The molecule has 7 heteroatoms. The molecule has 0 saturated carbocycles. The second-order valence-corrected chi connectivity index (χ2v) is 6.03. The molecule has 3 rings (SSSR count). The molecule has 2 aromatic rings. The number of amides is 3. The molecule has 7 nitrogen and oxygen atoms in total. The number of H-pyrrole nitrogens is 1. The minimum atomic E-state index is -0.492. The zero-order valence-electron chi connectivity index (χ0n) is 14.0. The van der Waals surface area contributed by atoms with E-state index in [-0.39, 0.29) is 5.91 Å². The lowest BCUT2D eigenvalue weighted by Gasteiger charge is -2.27. The number of piperazine rings is 1. The van der Waals surface area contributed by atoms with Crippen LogP contribution in [0.4, 0.5) is 16.3 Å². The molecule has 130 valence electrons. The van der Waals surface area contributed by atoms with Crippen LogP contribution >= 0.6 is 0 Å². The summed E-state index contributed by atoms with van der Waals surface area (Å²) >= 11 is 0. The van der Waals surface area contributed by atoms with Gasteiger partial charge in [0.2, 0.25) is 0 Å². The van der Waals surface area contributed by atoms with E-state index < -0.39 is 6.03 Å². The van der Waals surface area contributed by atoms with Gasteiger partial charge in [0.1, 0.15) is 26.2 Å². The van der Waals surface area contributed by atoms with Crippen LogP contribution in [0.3, 0.4) is 0 Å². The summed E-state index contributed by atoms with van der Waals surface area (Å²) in [4.78, 5) is 30.6. The maximum Gasteiger partial charge on any atom is 0.326 e. The van der Waals surface area contributed by atoms with Crippen molar-refractivity contribution in [2.75, 3.05) is 42.9 Å². The Morgan fingerprint density at radius 1 is 1.04 bits per heavy atom. The van der Waals surface area contributed by atoms with E-state index in [0.29, 0.717) is 12.2 Å². The van der Waals surface area contributed by atoms with Crippen molar-refractivity contribution in [2.24, 2.45) is 0 Å². The number of nitrogens with zero attached hydrogens (tertiary/aromatic N) is 1. The average Bonchev–Trinajstić information content (AvgIpc) is 2.63. The van der Waals surface area contributed by atoms with Gasteiger partial charge in [0.25, 0.3) is 11.7 Å². The summed E-state index contributed by atoms with van der Waals surface area (Å²) in [7, 11) is 0. The Morgan fingerprint density at radius 2 is 1.76 bits per heavy atom. The number of aromatic amines is 1. The van der Waals surface area contributed by atoms with Gasteiger partial charge < -0.3 is 10.2 Å². The largest absolute Gasteiger partial charge is 0.326 e. The van der Waals surface area contributed by atoms with E-state index in [0.717, 1.165) is 32.0 Å². The number of para-hydroxylation sites is 1. The molecular formula is C18H23N5O2+2. The molecule has 1 aromatic heterocycles. The fourth-order valence-electron chi connectivity index (χ4n) is 2.90. The number of imide groups is 1. The SMILES string of the molecule is O=C(C[NH+]1CCN(c2cccc[nH+]2)CC1)NC(=O)Nc1ccccc1. The molecule has 1 aliphatic heterocycles. The molecule has 25 heavy (non-hydrogen) atoms. The average molecular weight is 341 g/mol. The van der Waals surface area contributed by atoms with Crippen molar-refractivity contribution in [3.05, 3.63) is 54.7 Å². The number of rotatable bonds is 4. The topological polar surface area (TPSA) is 80.0 Å². The van der Waals surface area contributed by atoms with E-state index >= 15 is 0 Å². The first-order valence-corrected chi connectivity index (χ1v) is 8.42. The maximum atomic E-state index is 12.1. The van der Waals surface area contributed by atoms with Gasteiger partial charge >= 0.3 is 6.03 Å². The third kappa shape index (κ3) is 5.02. The van der Waals surface area contributed by atoms with Gasteiger partial charge in [-0.05, 0) is 18.2 Å². The number of hydrogen-bond donors (Lipinski definition) is 3. The monoisotopic (exact) mass is 341 g/mol. The Labute approximate surface area is 146 Å². The van der Waals surface area contributed by atoms with Gasteiger partial charge in [-0.15, -0.1) is 0 Å². The van der Waals surface area contributed by atoms with E-state index in [1.165, 1.54) is 4.90 Å². The fraction of sp³-hybridized carbons (Fsp3) is 0.278. The summed E-state index contributed by atoms with van der Waals surface area (Å²) < 4.78 is 0. The predicted octanol–water partition coefficient (Wildman–Crippen LogP) is -0.446. The molecule has 2 heterocycles. The zero-order chi connectivity index (χ0) is 17.5. The van der Waals surface area contributed by atoms with Crippen LogP contribution in [0.15, 0.2) is 54.7 Å². The molecule has 4 N–H and O–H groups in total. The normalized spacial score (nSPS) is 14.8. The zero-order valence-corrected chi connectivity index (χ0v) is 14.0. The molecule has 0 spiro atoms. The van der Waals surface area contributed by atoms with Crippen LogP contribution in [-0.2, 0) is 4.79 Å². The van der Waals surface area contributed by atoms with E-state index in [4.69, 9.17) is 0 Å². The molecule has 0 bridgehead atoms. The predicted molar refractivity (Wildman–Crippen MR) is 94.4 cm³/mol. The molecule has 0 aliphatic carbocycles. The summed E-state index contributed by atoms with van der Waals surface area (Å²) in [5.41, 5.74) is 0.660. The Kier molecular flexibility index (Phi) is 5.58. The number of aromatic nitrogens is 1. The Morgan fingerprint density at radius 3 is 2.44 bits per heavy atom. The molecule has 0 unspecified atom stereocenters. The standard InChI is InChI=1S/C18H21N5O2/c24-17(21-18(25)20-15-6-2-1-3-7-15)14-22-10-12-23(13-11-22)16-8-4-5-9-19-16/h1-9H,10-14H2,(H2,20,21,24,25)/p+2. The summed E-state index contributed by atoms with van der Waals surface area (Å²) in [5.74, 6) is 0.830. The number of nitrogens with one attached hydrogen (secondary N) is 4. The molecule has 1 aliphatic rings. The van der Waals surface area contributed by atoms with Gasteiger partial charge in [0.05, 0.1) is 6.20 Å². The fourth-order valence-corrected chi connectivity index (χ4v) is 2.90. The number of quaternary nitrogens is 1. The number of carbonyl (C=O) groups excluding carboxylic acids is 2. The van der Waals surface area contributed by atoms with Crippen LogP contribution in [0.25, 0.3) is 0 Å². The Balaban J connectivity index is 1.41. The highest BCUT2D eigenvalue weighted by atomic mass is 16.2. The number of urea groups is 1. The summed E-state index contributed by atoms with van der Waals surface area (Å²) in [6.45, 7) is 3.76. The number of benzene rings is 1. The van der Waals surface area contributed by atoms with E-state index in [2.05, 4.69) is 20.5 Å². The first-order valence-electron chi connectivity index (χ1n) is 8.42. The van der Waals surface area contributed by atoms with Crippen molar-refractivity contribution in [3.8, 4) is 0 Å². The van der Waals surface area contributed by atoms with Gasteiger partial charge in [0.15, 0.2) is 6.54 Å². The lowest BCUT2D eigenvalue weighted by Crippen LogP contribution is -3.16. The summed E-state index contributed by atoms with van der Waals surface area (Å²) in [5, 5.41) is 5.04. The maximum absolute atomic E-state index is 12.1. The number of anilines is 2. The van der Waals surface area contributed by atoms with Crippen LogP contribution in [0.2, 0.25) is 0 Å². The van der Waals surface area contributed by atoms with Crippen molar-refractivity contribution in [3.63, 3.8) is 0 Å². The van der Waals surface area contributed by atoms with Gasteiger partial charge in [-0.25, -0.2) is 9.78 Å². The minimum Gasteiger partial charge on any atom is -0.321 e. The smallest absolute Gasteiger partial charge is 0.321 e. The van der Waals surface area contributed by atoms with Crippen molar-refractivity contribution in [2.45, 2.75) is 0 Å². The van der Waals surface area contributed by atoms with Crippen LogP contribution < -0.4 is 25.4 Å². The first-order chi connectivity index (χ1) is 12.2. The van der Waals surface area contributed by atoms with Crippen molar-refractivity contribution in [1.29, 1.82) is 0 Å². The Hall–Kier alpha value is -2.93. The molecule has 0 atom stereocenters. The third-order valence-electron chi connectivity index (χ3n) is 4.20. The van der Waals surface area contributed by atoms with Crippen LogP contribution in [0.5, 0.6) is 0 Å². The Bertz CT molecular complexity index is 700. The second-order valence-electron chi connectivity index (χ2n) is 6.03. The first kappa shape index (κ1) is 16.9. The van der Waals surface area contributed by atoms with E-state index in [1.807, 2.05) is 42.6 Å². The van der Waals surface area contributed by atoms with Crippen molar-refractivity contribution < 1.29 is 19.5 Å². The van der Waals surface area contributed by atoms with Gasteiger partial charge in [-0.2, -0.15) is 0 Å². The molecular weight excluding hydrogens is 318 g/mol. The highest BCUT2D eigenvalue weighted by molar-refractivity contribution is 6.01. The number of pyridine rings is 1. The lowest BCUT2D eigenvalue weighted by atomic mass is 10.3. The summed E-state index contributed by atoms with van der Waals surface area (Å²) in [6, 6.07) is 14.6. The highest BCUT2D eigenvalue weighted by Crippen LogP contribution is 2.05. The van der Waals surface area contributed by atoms with Gasteiger partial charge in [-0.3, -0.25) is 15.0 Å².